The fourth-order valence-corrected chi connectivity index (χ4v) is 1.79. The van der Waals surface area contributed by atoms with Gasteiger partial charge in [-0.15, -0.1) is 0 Å². The molecule has 1 aromatic heterocycles. The third-order valence-electron chi connectivity index (χ3n) is 3.22. The predicted octanol–water partition coefficient (Wildman–Crippen LogP) is 2.21. The molecular formula is C14H17N3O2. The molecule has 0 saturated heterocycles. The first-order chi connectivity index (χ1) is 9.31. The van der Waals surface area contributed by atoms with Crippen LogP contribution in [0.1, 0.15) is 29.8 Å². The van der Waals surface area contributed by atoms with Crippen LogP contribution >= 0.6 is 0 Å². The van der Waals surface area contributed by atoms with Gasteiger partial charge < -0.3 is 10.1 Å². The second-order valence-corrected chi connectivity index (χ2v) is 4.88. The van der Waals surface area contributed by atoms with E-state index in [0.29, 0.717) is 6.61 Å². The first-order valence-electron chi connectivity index (χ1n) is 6.54. The van der Waals surface area contributed by atoms with Crippen LogP contribution in [0, 0.1) is 6.92 Å². The van der Waals surface area contributed by atoms with Gasteiger partial charge in [-0.1, -0.05) is 22.4 Å². The van der Waals surface area contributed by atoms with Crippen LogP contribution in [-0.4, -0.2) is 16.4 Å². The maximum Gasteiger partial charge on any atom is 0.145 e. The van der Waals surface area contributed by atoms with Crippen molar-refractivity contribution in [3.63, 3.8) is 0 Å². The minimum Gasteiger partial charge on any atom is -0.487 e. The number of rotatable bonds is 6. The molecule has 0 radical (unpaired) electrons. The Bertz CT molecular complexity index is 532. The first-order valence-corrected chi connectivity index (χ1v) is 6.54. The summed E-state index contributed by atoms with van der Waals surface area (Å²) in [5.74, 6) is 0.831. The lowest BCUT2D eigenvalue weighted by Gasteiger charge is -2.06. The number of nitrogens with zero attached hydrogens (tertiary/aromatic N) is 2. The standard InChI is InChI=1S/C14H17N3O2/c1-10-14(17-19-16-10)9-18-13-6-2-11(3-7-13)8-15-12-4-5-12/h2-3,6-7,12,15H,4-5,8-9H2,1H3. The van der Waals surface area contributed by atoms with E-state index in [-0.39, 0.29) is 0 Å². The second-order valence-electron chi connectivity index (χ2n) is 4.88. The molecule has 0 bridgehead atoms. The molecule has 1 heterocycles. The van der Waals surface area contributed by atoms with Gasteiger partial charge in [-0.3, -0.25) is 0 Å². The minimum atomic E-state index is 0.384. The van der Waals surface area contributed by atoms with Crippen molar-refractivity contribution in [2.75, 3.05) is 0 Å². The molecule has 1 aliphatic carbocycles. The van der Waals surface area contributed by atoms with E-state index in [4.69, 9.17) is 4.74 Å². The molecule has 0 spiro atoms. The fourth-order valence-electron chi connectivity index (χ4n) is 1.79. The van der Waals surface area contributed by atoms with Gasteiger partial charge in [0, 0.05) is 12.6 Å². The molecule has 1 saturated carbocycles. The van der Waals surface area contributed by atoms with Crippen LogP contribution < -0.4 is 10.1 Å². The normalized spacial score (nSPS) is 14.6. The molecule has 5 nitrogen and oxygen atoms in total. The van der Waals surface area contributed by atoms with Gasteiger partial charge in [0.05, 0.1) is 0 Å². The SMILES string of the molecule is Cc1nonc1COc1ccc(CNC2CC2)cc1. The minimum absolute atomic E-state index is 0.384. The Hall–Kier alpha value is -1.88. The third kappa shape index (κ3) is 3.32. The van der Waals surface area contributed by atoms with Gasteiger partial charge in [0.1, 0.15) is 23.7 Å². The number of nitrogens with one attached hydrogen (secondary N) is 1. The van der Waals surface area contributed by atoms with Gasteiger partial charge in [-0.05, 0) is 37.5 Å². The highest BCUT2D eigenvalue weighted by molar-refractivity contribution is 5.27. The van der Waals surface area contributed by atoms with Gasteiger partial charge in [0.2, 0.25) is 0 Å². The summed E-state index contributed by atoms with van der Waals surface area (Å²) in [6, 6.07) is 8.86. The molecule has 3 rings (SSSR count). The molecule has 1 N–H and O–H groups in total. The zero-order valence-corrected chi connectivity index (χ0v) is 10.9. The van der Waals surface area contributed by atoms with E-state index in [2.05, 4.69) is 32.4 Å². The summed E-state index contributed by atoms with van der Waals surface area (Å²) in [5.41, 5.74) is 2.78. The largest absolute Gasteiger partial charge is 0.487 e. The van der Waals surface area contributed by atoms with E-state index in [1.807, 2.05) is 19.1 Å². The monoisotopic (exact) mass is 259 g/mol. The van der Waals surface area contributed by atoms with Crippen LogP contribution in [0.5, 0.6) is 5.75 Å². The Labute approximate surface area is 111 Å². The van der Waals surface area contributed by atoms with Gasteiger partial charge in [-0.25, -0.2) is 4.63 Å². The van der Waals surface area contributed by atoms with Crippen LogP contribution in [0.4, 0.5) is 0 Å². The highest BCUT2D eigenvalue weighted by atomic mass is 16.6. The Kier molecular flexibility index (Phi) is 3.46. The van der Waals surface area contributed by atoms with Crippen molar-refractivity contribution in [1.82, 2.24) is 15.6 Å². The molecule has 1 aromatic carbocycles. The van der Waals surface area contributed by atoms with E-state index in [1.165, 1.54) is 18.4 Å². The van der Waals surface area contributed by atoms with Crippen molar-refractivity contribution in [2.24, 2.45) is 0 Å². The van der Waals surface area contributed by atoms with Crippen molar-refractivity contribution >= 4 is 0 Å². The quantitative estimate of drug-likeness (QED) is 0.861. The molecule has 100 valence electrons. The van der Waals surface area contributed by atoms with Crippen molar-refractivity contribution < 1.29 is 9.37 Å². The summed E-state index contributed by atoms with van der Waals surface area (Å²) in [4.78, 5) is 0. The Balaban J connectivity index is 1.52. The number of aryl methyl sites for hydroxylation is 1. The van der Waals surface area contributed by atoms with Crippen LogP contribution in [0.25, 0.3) is 0 Å². The summed E-state index contributed by atoms with van der Waals surface area (Å²) in [5, 5.41) is 11.0. The zero-order valence-electron chi connectivity index (χ0n) is 10.9. The van der Waals surface area contributed by atoms with E-state index in [0.717, 1.165) is 29.7 Å². The number of aromatic nitrogens is 2. The average molecular weight is 259 g/mol. The molecule has 5 heteroatoms. The molecule has 19 heavy (non-hydrogen) atoms. The lowest BCUT2D eigenvalue weighted by atomic mass is 10.2. The van der Waals surface area contributed by atoms with Gasteiger partial charge in [0.25, 0.3) is 0 Å². The second kappa shape index (κ2) is 5.40. The van der Waals surface area contributed by atoms with Gasteiger partial charge in [-0.2, -0.15) is 0 Å². The molecule has 1 fully saturated rings. The van der Waals surface area contributed by atoms with Crippen molar-refractivity contribution in [2.45, 2.75) is 39.0 Å². The predicted molar refractivity (Wildman–Crippen MR) is 69.7 cm³/mol. The van der Waals surface area contributed by atoms with Crippen LogP contribution in [0.2, 0.25) is 0 Å². The first kappa shape index (κ1) is 12.2. The summed E-state index contributed by atoms with van der Waals surface area (Å²) < 4.78 is 10.3. The smallest absolute Gasteiger partial charge is 0.145 e. The Morgan fingerprint density at radius 1 is 1.26 bits per heavy atom. The van der Waals surface area contributed by atoms with E-state index in [9.17, 15) is 0 Å². The van der Waals surface area contributed by atoms with E-state index in [1.54, 1.807) is 0 Å². The van der Waals surface area contributed by atoms with Crippen molar-refractivity contribution in [3.8, 4) is 5.75 Å². The number of ether oxygens (including phenoxy) is 1. The number of hydrogen-bond acceptors (Lipinski definition) is 5. The fraction of sp³-hybridized carbons (Fsp3) is 0.429. The summed E-state index contributed by atoms with van der Waals surface area (Å²) in [6.45, 7) is 3.16. The Morgan fingerprint density at radius 3 is 2.68 bits per heavy atom. The summed E-state index contributed by atoms with van der Waals surface area (Å²) in [6.07, 6.45) is 2.62. The molecule has 0 aliphatic heterocycles. The van der Waals surface area contributed by atoms with Crippen LogP contribution in [-0.2, 0) is 13.2 Å². The van der Waals surface area contributed by atoms with Gasteiger partial charge >= 0.3 is 0 Å². The lowest BCUT2D eigenvalue weighted by Crippen LogP contribution is -2.15. The number of hydrogen-bond donors (Lipinski definition) is 1. The topological polar surface area (TPSA) is 60.2 Å². The summed E-state index contributed by atoms with van der Waals surface area (Å²) in [7, 11) is 0. The highest BCUT2D eigenvalue weighted by Gasteiger charge is 2.19. The molecule has 2 aromatic rings. The average Bonchev–Trinajstić information content (AvgIpc) is 3.18. The van der Waals surface area contributed by atoms with E-state index >= 15 is 0 Å². The maximum absolute atomic E-state index is 5.64. The maximum atomic E-state index is 5.64. The van der Waals surface area contributed by atoms with Crippen LogP contribution in [0.3, 0.4) is 0 Å². The summed E-state index contributed by atoms with van der Waals surface area (Å²) >= 11 is 0. The molecule has 0 amide bonds. The van der Waals surface area contributed by atoms with Crippen molar-refractivity contribution in [3.05, 3.63) is 41.2 Å². The lowest BCUT2D eigenvalue weighted by molar-refractivity contribution is 0.270. The zero-order chi connectivity index (χ0) is 13.1. The molecular weight excluding hydrogens is 242 g/mol. The number of benzene rings is 1. The Morgan fingerprint density at radius 2 is 2.05 bits per heavy atom. The highest BCUT2D eigenvalue weighted by Crippen LogP contribution is 2.20. The van der Waals surface area contributed by atoms with Gasteiger partial charge in [0.15, 0.2) is 0 Å². The molecule has 0 atom stereocenters. The third-order valence-corrected chi connectivity index (χ3v) is 3.22. The molecule has 1 aliphatic rings. The van der Waals surface area contributed by atoms with Crippen molar-refractivity contribution in [1.29, 1.82) is 0 Å². The van der Waals surface area contributed by atoms with E-state index < -0.39 is 0 Å². The van der Waals surface area contributed by atoms with Crippen LogP contribution in [0.15, 0.2) is 28.9 Å². The molecule has 0 unspecified atom stereocenters.